The van der Waals surface area contributed by atoms with Crippen LogP contribution in [0.4, 0.5) is 0 Å². The Morgan fingerprint density at radius 1 is 1.21 bits per heavy atom. The number of hydrogen-bond acceptors (Lipinski definition) is 2. The van der Waals surface area contributed by atoms with Gasteiger partial charge in [0.15, 0.2) is 0 Å². The van der Waals surface area contributed by atoms with E-state index in [9.17, 15) is 10.2 Å². The molecule has 2 nitrogen and oxygen atoms in total. The number of phenols is 1. The molecule has 0 radical (unpaired) electrons. The van der Waals surface area contributed by atoms with Crippen LogP contribution in [0.5, 0.6) is 5.75 Å². The first kappa shape index (κ1) is 11.1. The molecule has 0 aliphatic rings. The fourth-order valence-corrected chi connectivity index (χ4v) is 1.71. The van der Waals surface area contributed by atoms with Gasteiger partial charge in [0.05, 0.1) is 6.61 Å². The fraction of sp³-hybridized carbons (Fsp3) is 0.500. The lowest BCUT2D eigenvalue weighted by Crippen LogP contribution is -2.15. The molecular weight excluding hydrogens is 176 g/mol. The summed E-state index contributed by atoms with van der Waals surface area (Å²) in [7, 11) is 0. The summed E-state index contributed by atoms with van der Waals surface area (Å²) in [5.41, 5.74) is 2.36. The molecule has 0 atom stereocenters. The van der Waals surface area contributed by atoms with Crippen molar-refractivity contribution < 1.29 is 10.2 Å². The highest BCUT2D eigenvalue weighted by atomic mass is 16.3. The first-order valence-corrected chi connectivity index (χ1v) is 4.80. The van der Waals surface area contributed by atoms with Crippen LogP contribution in [-0.2, 0) is 12.0 Å². The van der Waals surface area contributed by atoms with Crippen LogP contribution >= 0.6 is 0 Å². The minimum absolute atomic E-state index is 0.0273. The lowest BCUT2D eigenvalue weighted by Gasteiger charge is -2.24. The number of benzene rings is 1. The van der Waals surface area contributed by atoms with Gasteiger partial charge in [0.2, 0.25) is 0 Å². The highest BCUT2D eigenvalue weighted by Crippen LogP contribution is 2.35. The lowest BCUT2D eigenvalue weighted by molar-refractivity contribution is 0.277. The van der Waals surface area contributed by atoms with Gasteiger partial charge in [-0.05, 0) is 23.5 Å². The number of aliphatic hydroxyl groups excluding tert-OH is 1. The van der Waals surface area contributed by atoms with E-state index in [1.54, 1.807) is 0 Å². The Bertz CT molecular complexity index is 335. The maximum Gasteiger partial charge on any atom is 0.122 e. The average Bonchev–Trinajstić information content (AvgIpc) is 2.07. The van der Waals surface area contributed by atoms with Crippen molar-refractivity contribution in [1.29, 1.82) is 0 Å². The highest BCUT2D eigenvalue weighted by Gasteiger charge is 2.22. The van der Waals surface area contributed by atoms with Crippen molar-refractivity contribution in [2.45, 2.75) is 39.7 Å². The fourth-order valence-electron chi connectivity index (χ4n) is 1.71. The molecule has 2 N–H and O–H groups in total. The minimum atomic E-state index is -0.145. The zero-order valence-corrected chi connectivity index (χ0v) is 9.26. The Balaban J connectivity index is 3.44. The van der Waals surface area contributed by atoms with Crippen LogP contribution < -0.4 is 0 Å². The van der Waals surface area contributed by atoms with Crippen LogP contribution in [0.15, 0.2) is 12.1 Å². The monoisotopic (exact) mass is 194 g/mol. The van der Waals surface area contributed by atoms with Gasteiger partial charge in [0, 0.05) is 5.56 Å². The van der Waals surface area contributed by atoms with Gasteiger partial charge in [-0.25, -0.2) is 0 Å². The molecule has 1 aromatic rings. The number of phenolic OH excluding ortho intramolecular Hbond substituents is 1. The van der Waals surface area contributed by atoms with Crippen LogP contribution in [0.3, 0.4) is 0 Å². The highest BCUT2D eigenvalue weighted by molar-refractivity contribution is 5.48. The van der Waals surface area contributed by atoms with Crippen LogP contribution in [-0.4, -0.2) is 10.2 Å². The molecule has 0 saturated carbocycles. The Kier molecular flexibility index (Phi) is 2.86. The average molecular weight is 194 g/mol. The van der Waals surface area contributed by atoms with Crippen molar-refractivity contribution in [3.8, 4) is 5.75 Å². The van der Waals surface area contributed by atoms with Crippen molar-refractivity contribution in [3.63, 3.8) is 0 Å². The van der Waals surface area contributed by atoms with E-state index in [1.165, 1.54) is 0 Å². The summed E-state index contributed by atoms with van der Waals surface area (Å²) < 4.78 is 0. The zero-order chi connectivity index (χ0) is 10.9. The van der Waals surface area contributed by atoms with Gasteiger partial charge in [0.25, 0.3) is 0 Å². The van der Waals surface area contributed by atoms with E-state index < -0.39 is 0 Å². The zero-order valence-electron chi connectivity index (χ0n) is 9.26. The Hall–Kier alpha value is -1.02. The summed E-state index contributed by atoms with van der Waals surface area (Å²) >= 11 is 0. The molecule has 0 unspecified atom stereocenters. The van der Waals surface area contributed by atoms with Crippen molar-refractivity contribution in [3.05, 3.63) is 28.8 Å². The second-order valence-electron chi connectivity index (χ2n) is 4.67. The number of aryl methyl sites for hydroxylation is 1. The van der Waals surface area contributed by atoms with Gasteiger partial charge in [-0.15, -0.1) is 0 Å². The van der Waals surface area contributed by atoms with Crippen LogP contribution in [0, 0.1) is 6.92 Å². The topological polar surface area (TPSA) is 40.5 Å². The summed E-state index contributed by atoms with van der Waals surface area (Å²) in [5, 5.41) is 19.1. The van der Waals surface area contributed by atoms with E-state index in [4.69, 9.17) is 0 Å². The summed E-state index contributed by atoms with van der Waals surface area (Å²) in [6.07, 6.45) is 0. The number of aromatic hydroxyl groups is 1. The third-order valence-corrected chi connectivity index (χ3v) is 2.39. The van der Waals surface area contributed by atoms with Gasteiger partial charge in [-0.3, -0.25) is 0 Å². The summed E-state index contributed by atoms with van der Waals surface area (Å²) in [5.74, 6) is 0.309. The van der Waals surface area contributed by atoms with Gasteiger partial charge in [-0.1, -0.05) is 32.9 Å². The van der Waals surface area contributed by atoms with E-state index in [-0.39, 0.29) is 12.0 Å². The van der Waals surface area contributed by atoms with E-state index in [1.807, 2.05) is 39.8 Å². The summed E-state index contributed by atoms with van der Waals surface area (Å²) in [6.45, 7) is 7.92. The first-order chi connectivity index (χ1) is 6.38. The molecule has 0 fully saturated rings. The van der Waals surface area contributed by atoms with Crippen molar-refractivity contribution in [2.75, 3.05) is 0 Å². The number of aliphatic hydroxyl groups is 1. The normalized spacial score (nSPS) is 11.8. The third kappa shape index (κ3) is 1.90. The second-order valence-corrected chi connectivity index (χ2v) is 4.67. The maximum absolute atomic E-state index is 9.93. The molecule has 0 bridgehead atoms. The van der Waals surface area contributed by atoms with Crippen LogP contribution in [0.25, 0.3) is 0 Å². The molecule has 0 heterocycles. The summed E-state index contributed by atoms with van der Waals surface area (Å²) in [4.78, 5) is 0. The molecular formula is C12H18O2. The van der Waals surface area contributed by atoms with Gasteiger partial charge < -0.3 is 10.2 Å². The van der Waals surface area contributed by atoms with E-state index in [2.05, 4.69) is 0 Å². The smallest absolute Gasteiger partial charge is 0.122 e. The van der Waals surface area contributed by atoms with Crippen molar-refractivity contribution >= 4 is 0 Å². The predicted molar refractivity (Wildman–Crippen MR) is 57.5 cm³/mol. The SMILES string of the molecule is Cc1ccc(CO)c(C(C)(C)C)c1O. The minimum Gasteiger partial charge on any atom is -0.507 e. The summed E-state index contributed by atoms with van der Waals surface area (Å²) in [6, 6.07) is 3.70. The molecule has 0 aliphatic heterocycles. The first-order valence-electron chi connectivity index (χ1n) is 4.80. The van der Waals surface area contributed by atoms with Crippen molar-refractivity contribution in [2.24, 2.45) is 0 Å². The second kappa shape index (κ2) is 3.62. The Morgan fingerprint density at radius 2 is 1.79 bits per heavy atom. The van der Waals surface area contributed by atoms with Gasteiger partial charge >= 0.3 is 0 Å². The van der Waals surface area contributed by atoms with E-state index >= 15 is 0 Å². The molecule has 0 aromatic heterocycles. The molecule has 14 heavy (non-hydrogen) atoms. The van der Waals surface area contributed by atoms with Gasteiger partial charge in [0.1, 0.15) is 5.75 Å². The van der Waals surface area contributed by atoms with Crippen LogP contribution in [0.1, 0.15) is 37.5 Å². The molecule has 2 heteroatoms. The quantitative estimate of drug-likeness (QED) is 0.721. The maximum atomic E-state index is 9.93. The number of hydrogen-bond donors (Lipinski definition) is 2. The molecule has 0 amide bonds. The Morgan fingerprint density at radius 3 is 2.21 bits per heavy atom. The standard InChI is InChI=1S/C12H18O2/c1-8-5-6-9(7-13)10(11(8)14)12(2,3)4/h5-6,13-14H,7H2,1-4H3. The molecule has 0 saturated heterocycles. The van der Waals surface area contributed by atoms with E-state index in [0.29, 0.717) is 5.75 Å². The van der Waals surface area contributed by atoms with Crippen LogP contribution in [0.2, 0.25) is 0 Å². The lowest BCUT2D eigenvalue weighted by atomic mass is 9.82. The largest absolute Gasteiger partial charge is 0.507 e. The van der Waals surface area contributed by atoms with E-state index in [0.717, 1.165) is 16.7 Å². The Labute approximate surface area is 85.2 Å². The van der Waals surface area contributed by atoms with Crippen molar-refractivity contribution in [1.82, 2.24) is 0 Å². The number of rotatable bonds is 1. The molecule has 0 aliphatic carbocycles. The molecule has 0 spiro atoms. The molecule has 1 rings (SSSR count). The molecule has 78 valence electrons. The predicted octanol–water partition coefficient (Wildman–Crippen LogP) is 2.49. The third-order valence-electron chi connectivity index (χ3n) is 2.39. The molecule has 1 aromatic carbocycles. The van der Waals surface area contributed by atoms with Gasteiger partial charge in [-0.2, -0.15) is 0 Å².